The third-order valence-electron chi connectivity index (χ3n) is 5.08. The van der Waals surface area contributed by atoms with E-state index in [0.717, 1.165) is 30.5 Å². The number of fused-ring (bicyclic) bond motifs is 1. The van der Waals surface area contributed by atoms with Crippen LogP contribution in [0.5, 0.6) is 0 Å². The van der Waals surface area contributed by atoms with Crippen LogP contribution in [0, 0.1) is 11.6 Å². The van der Waals surface area contributed by atoms with Gasteiger partial charge in [-0.2, -0.15) is 0 Å². The van der Waals surface area contributed by atoms with Crippen LogP contribution in [0.4, 0.5) is 8.78 Å². The van der Waals surface area contributed by atoms with E-state index in [1.807, 2.05) is 24.5 Å². The molecule has 3 nitrogen and oxygen atoms in total. The van der Waals surface area contributed by atoms with E-state index in [9.17, 15) is 13.6 Å². The molecule has 0 saturated carbocycles. The minimum atomic E-state index is -0.817. The van der Waals surface area contributed by atoms with Crippen molar-refractivity contribution in [1.82, 2.24) is 9.88 Å². The van der Waals surface area contributed by atoms with Gasteiger partial charge in [-0.15, -0.1) is 0 Å². The Labute approximate surface area is 158 Å². The lowest BCUT2D eigenvalue weighted by Gasteiger charge is -2.28. The number of halogens is 2. The summed E-state index contributed by atoms with van der Waals surface area (Å²) in [5, 5.41) is 3.52. The molecular formula is C22H26F2N2O. The van der Waals surface area contributed by atoms with Crippen LogP contribution in [-0.2, 0) is 19.4 Å². The van der Waals surface area contributed by atoms with Gasteiger partial charge in [0.05, 0.1) is 0 Å². The monoisotopic (exact) mass is 372 g/mol. The summed E-state index contributed by atoms with van der Waals surface area (Å²) in [5.74, 6) is -1.62. The Balaban J connectivity index is 1.72. The number of rotatable bonds is 6. The first kappa shape index (κ1) is 19.5. The fourth-order valence-electron chi connectivity index (χ4n) is 3.63. The minimum Gasteiger partial charge on any atom is -0.310 e. The van der Waals surface area contributed by atoms with E-state index in [4.69, 9.17) is 0 Å². The molecule has 0 bridgehead atoms. The van der Waals surface area contributed by atoms with Gasteiger partial charge in [0.15, 0.2) is 11.6 Å². The molecule has 1 aliphatic rings. The molecule has 0 fully saturated rings. The van der Waals surface area contributed by atoms with E-state index in [2.05, 4.69) is 11.4 Å². The summed E-state index contributed by atoms with van der Waals surface area (Å²) < 4.78 is 28.2. The molecule has 1 aromatic heterocycles. The van der Waals surface area contributed by atoms with Crippen molar-refractivity contribution in [3.8, 4) is 0 Å². The fraction of sp³-hybridized carbons (Fsp3) is 0.409. The van der Waals surface area contributed by atoms with Crippen LogP contribution in [0.3, 0.4) is 0 Å². The third kappa shape index (κ3) is 4.72. The summed E-state index contributed by atoms with van der Waals surface area (Å²) in [6, 6.07) is 7.80. The maximum absolute atomic E-state index is 13.3. The molecule has 2 aromatic rings. The highest BCUT2D eigenvalue weighted by molar-refractivity contribution is 5.28. The SMILES string of the molecule is CC(C)=CCn1c2c(ccc1=O)C(NCCc1ccc(F)c(F)c1)CCC2. The summed E-state index contributed by atoms with van der Waals surface area (Å²) in [5.41, 5.74) is 4.28. The first-order valence-electron chi connectivity index (χ1n) is 9.49. The average Bonchev–Trinajstić information content (AvgIpc) is 2.63. The van der Waals surface area contributed by atoms with Gasteiger partial charge >= 0.3 is 0 Å². The van der Waals surface area contributed by atoms with Gasteiger partial charge in [-0.3, -0.25) is 4.79 Å². The Morgan fingerprint density at radius 3 is 2.78 bits per heavy atom. The van der Waals surface area contributed by atoms with Gasteiger partial charge in [0.25, 0.3) is 5.56 Å². The Hall–Kier alpha value is -2.27. The predicted molar refractivity (Wildman–Crippen MR) is 104 cm³/mol. The van der Waals surface area contributed by atoms with E-state index in [0.29, 0.717) is 19.5 Å². The molecule has 1 N–H and O–H groups in total. The second-order valence-electron chi connectivity index (χ2n) is 7.36. The first-order chi connectivity index (χ1) is 13.0. The molecular weight excluding hydrogens is 346 g/mol. The second-order valence-corrected chi connectivity index (χ2v) is 7.36. The van der Waals surface area contributed by atoms with Gasteiger partial charge in [-0.05, 0) is 69.3 Å². The van der Waals surface area contributed by atoms with Crippen LogP contribution in [0.25, 0.3) is 0 Å². The highest BCUT2D eigenvalue weighted by Crippen LogP contribution is 2.28. The smallest absolute Gasteiger partial charge is 0.251 e. The lowest BCUT2D eigenvalue weighted by Crippen LogP contribution is -2.32. The molecule has 27 heavy (non-hydrogen) atoms. The molecule has 1 atom stereocenters. The van der Waals surface area contributed by atoms with E-state index in [-0.39, 0.29) is 11.6 Å². The van der Waals surface area contributed by atoms with Crippen LogP contribution >= 0.6 is 0 Å². The van der Waals surface area contributed by atoms with Crippen LogP contribution in [0.15, 0.2) is 46.8 Å². The number of allylic oxidation sites excluding steroid dienone is 2. The molecule has 144 valence electrons. The standard InChI is InChI=1S/C22H26F2N2O/c1-15(2)11-13-26-21-5-3-4-20(17(21)7-9-22(26)27)25-12-10-16-6-8-18(23)19(24)14-16/h6-9,11,14,20,25H,3-5,10,12-13H2,1-2H3. The van der Waals surface area contributed by atoms with Crippen molar-refractivity contribution in [2.45, 2.75) is 52.1 Å². The summed E-state index contributed by atoms with van der Waals surface area (Å²) in [6.07, 6.45) is 5.63. The van der Waals surface area contributed by atoms with Crippen molar-refractivity contribution in [3.05, 3.63) is 80.8 Å². The van der Waals surface area contributed by atoms with Crippen molar-refractivity contribution in [2.24, 2.45) is 0 Å². The largest absolute Gasteiger partial charge is 0.310 e. The van der Waals surface area contributed by atoms with Gasteiger partial charge in [0.2, 0.25) is 0 Å². The number of nitrogens with one attached hydrogen (secondary N) is 1. The number of benzene rings is 1. The number of pyridine rings is 1. The Kier molecular flexibility index (Phi) is 6.22. The maximum atomic E-state index is 13.3. The normalized spacial score (nSPS) is 16.1. The molecule has 1 aliphatic carbocycles. The molecule has 0 amide bonds. The van der Waals surface area contributed by atoms with Crippen molar-refractivity contribution < 1.29 is 8.78 Å². The molecule has 1 aromatic carbocycles. The molecule has 0 saturated heterocycles. The molecule has 0 aliphatic heterocycles. The molecule has 1 heterocycles. The van der Waals surface area contributed by atoms with Crippen LogP contribution in [-0.4, -0.2) is 11.1 Å². The fourth-order valence-corrected chi connectivity index (χ4v) is 3.63. The Bertz CT molecular complexity index is 898. The van der Waals surface area contributed by atoms with Gasteiger partial charge in [-0.1, -0.05) is 23.8 Å². The maximum Gasteiger partial charge on any atom is 0.251 e. The number of nitrogens with zero attached hydrogens (tertiary/aromatic N) is 1. The van der Waals surface area contributed by atoms with Gasteiger partial charge < -0.3 is 9.88 Å². The number of aromatic nitrogens is 1. The highest BCUT2D eigenvalue weighted by atomic mass is 19.2. The molecule has 3 rings (SSSR count). The zero-order chi connectivity index (χ0) is 19.4. The zero-order valence-corrected chi connectivity index (χ0v) is 15.9. The topological polar surface area (TPSA) is 34.0 Å². The Morgan fingerprint density at radius 2 is 2.04 bits per heavy atom. The lowest BCUT2D eigenvalue weighted by molar-refractivity contribution is 0.445. The summed E-state index contributed by atoms with van der Waals surface area (Å²) >= 11 is 0. The van der Waals surface area contributed by atoms with Gasteiger partial charge in [0, 0.05) is 24.3 Å². The average molecular weight is 372 g/mol. The van der Waals surface area contributed by atoms with Crippen molar-refractivity contribution in [2.75, 3.05) is 6.54 Å². The van der Waals surface area contributed by atoms with E-state index in [1.54, 1.807) is 12.1 Å². The van der Waals surface area contributed by atoms with Gasteiger partial charge in [0.1, 0.15) is 0 Å². The lowest BCUT2D eigenvalue weighted by atomic mass is 9.90. The van der Waals surface area contributed by atoms with Crippen LogP contribution in [0.1, 0.15) is 49.6 Å². The number of hydrogen-bond donors (Lipinski definition) is 1. The first-order valence-corrected chi connectivity index (χ1v) is 9.49. The van der Waals surface area contributed by atoms with E-state index >= 15 is 0 Å². The zero-order valence-electron chi connectivity index (χ0n) is 15.9. The summed E-state index contributed by atoms with van der Waals surface area (Å²) in [4.78, 5) is 12.3. The van der Waals surface area contributed by atoms with Gasteiger partial charge in [-0.25, -0.2) is 8.78 Å². The quantitative estimate of drug-likeness (QED) is 0.767. The Morgan fingerprint density at radius 1 is 1.22 bits per heavy atom. The van der Waals surface area contributed by atoms with Crippen LogP contribution in [0.2, 0.25) is 0 Å². The molecule has 1 unspecified atom stereocenters. The third-order valence-corrected chi connectivity index (χ3v) is 5.08. The summed E-state index contributed by atoms with van der Waals surface area (Å²) in [7, 11) is 0. The van der Waals surface area contributed by atoms with Crippen molar-refractivity contribution in [1.29, 1.82) is 0 Å². The molecule has 0 radical (unpaired) electrons. The van der Waals surface area contributed by atoms with Crippen molar-refractivity contribution >= 4 is 0 Å². The van der Waals surface area contributed by atoms with Crippen LogP contribution < -0.4 is 10.9 Å². The highest BCUT2D eigenvalue weighted by Gasteiger charge is 2.22. The van der Waals surface area contributed by atoms with E-state index in [1.165, 1.54) is 23.3 Å². The molecule has 0 spiro atoms. The van der Waals surface area contributed by atoms with Crippen molar-refractivity contribution in [3.63, 3.8) is 0 Å². The molecule has 5 heteroatoms. The number of hydrogen-bond acceptors (Lipinski definition) is 2. The summed E-state index contributed by atoms with van der Waals surface area (Å²) in [6.45, 7) is 5.33. The second kappa shape index (κ2) is 8.61. The predicted octanol–water partition coefficient (Wildman–Crippen LogP) is 4.30. The minimum absolute atomic E-state index is 0.0358. The van der Waals surface area contributed by atoms with E-state index < -0.39 is 11.6 Å².